The van der Waals surface area contributed by atoms with Crippen LogP contribution in [0.15, 0.2) is 0 Å². The summed E-state index contributed by atoms with van der Waals surface area (Å²) < 4.78 is 1.95. The second-order valence-electron chi connectivity index (χ2n) is 6.35. The summed E-state index contributed by atoms with van der Waals surface area (Å²) in [6.07, 6.45) is 4.95. The largest absolute Gasteiger partial charge is 0.314 e. The molecule has 4 heteroatoms. The SMILES string of the molecule is Cc1nn(C)c(CC(CNC2CC2)CC(C)C)c1Cl. The lowest BCUT2D eigenvalue weighted by molar-refractivity contribution is 0.377. The van der Waals surface area contributed by atoms with Crippen LogP contribution in [-0.2, 0) is 13.5 Å². The van der Waals surface area contributed by atoms with Gasteiger partial charge >= 0.3 is 0 Å². The number of rotatable bonds is 7. The van der Waals surface area contributed by atoms with Gasteiger partial charge in [0, 0.05) is 13.1 Å². The highest BCUT2D eigenvalue weighted by Gasteiger charge is 2.23. The Kier molecular flexibility index (Phi) is 4.91. The Morgan fingerprint density at radius 3 is 2.58 bits per heavy atom. The van der Waals surface area contributed by atoms with Gasteiger partial charge in [0.25, 0.3) is 0 Å². The smallest absolute Gasteiger partial charge is 0.0847 e. The molecule has 1 saturated carbocycles. The fourth-order valence-corrected chi connectivity index (χ4v) is 2.94. The van der Waals surface area contributed by atoms with Gasteiger partial charge in [0.15, 0.2) is 0 Å². The summed E-state index contributed by atoms with van der Waals surface area (Å²) in [4.78, 5) is 0. The molecule has 0 saturated heterocycles. The number of aromatic nitrogens is 2. The van der Waals surface area contributed by atoms with Crippen LogP contribution in [0, 0.1) is 18.8 Å². The second-order valence-corrected chi connectivity index (χ2v) is 6.73. The molecule has 0 spiro atoms. The van der Waals surface area contributed by atoms with Crippen molar-refractivity contribution >= 4 is 11.6 Å². The summed E-state index contributed by atoms with van der Waals surface area (Å²) in [7, 11) is 2.00. The normalized spacial score (nSPS) is 17.2. The molecule has 1 aromatic heterocycles. The number of hydrogen-bond donors (Lipinski definition) is 1. The van der Waals surface area contributed by atoms with Crippen molar-refractivity contribution in [2.24, 2.45) is 18.9 Å². The summed E-state index contributed by atoms with van der Waals surface area (Å²) >= 11 is 6.37. The predicted octanol–water partition coefficient (Wildman–Crippen LogP) is 3.34. The van der Waals surface area contributed by atoms with Crippen molar-refractivity contribution in [2.45, 2.75) is 52.5 Å². The molecule has 1 fully saturated rings. The summed E-state index contributed by atoms with van der Waals surface area (Å²) in [6.45, 7) is 7.66. The number of aryl methyl sites for hydroxylation is 2. The van der Waals surface area contributed by atoms with Crippen LogP contribution in [-0.4, -0.2) is 22.4 Å². The van der Waals surface area contributed by atoms with E-state index in [2.05, 4.69) is 24.3 Å². The van der Waals surface area contributed by atoms with E-state index >= 15 is 0 Å². The van der Waals surface area contributed by atoms with Crippen molar-refractivity contribution in [3.63, 3.8) is 0 Å². The highest BCUT2D eigenvalue weighted by atomic mass is 35.5. The Morgan fingerprint density at radius 2 is 2.11 bits per heavy atom. The molecule has 1 aromatic rings. The molecule has 108 valence electrons. The Bertz CT molecular complexity index is 421. The first-order chi connectivity index (χ1) is 8.97. The fourth-order valence-electron chi connectivity index (χ4n) is 2.70. The quantitative estimate of drug-likeness (QED) is 0.832. The first-order valence-corrected chi connectivity index (χ1v) is 7.76. The highest BCUT2D eigenvalue weighted by molar-refractivity contribution is 6.31. The first-order valence-electron chi connectivity index (χ1n) is 7.38. The third-order valence-corrected chi connectivity index (χ3v) is 4.31. The molecule has 1 atom stereocenters. The maximum Gasteiger partial charge on any atom is 0.0847 e. The molecule has 1 unspecified atom stereocenters. The van der Waals surface area contributed by atoms with Crippen molar-refractivity contribution in [3.05, 3.63) is 16.4 Å². The molecule has 1 aliphatic carbocycles. The zero-order chi connectivity index (χ0) is 14.0. The average Bonchev–Trinajstić information content (AvgIpc) is 3.10. The van der Waals surface area contributed by atoms with E-state index in [9.17, 15) is 0 Å². The van der Waals surface area contributed by atoms with Crippen LogP contribution >= 0.6 is 11.6 Å². The van der Waals surface area contributed by atoms with E-state index < -0.39 is 0 Å². The molecule has 0 amide bonds. The lowest BCUT2D eigenvalue weighted by Gasteiger charge is -2.20. The predicted molar refractivity (Wildman–Crippen MR) is 80.6 cm³/mol. The molecule has 0 bridgehead atoms. The van der Waals surface area contributed by atoms with E-state index in [1.165, 1.54) is 25.0 Å². The Labute approximate surface area is 121 Å². The van der Waals surface area contributed by atoms with Crippen molar-refractivity contribution in [1.29, 1.82) is 0 Å². The van der Waals surface area contributed by atoms with Crippen molar-refractivity contribution in [2.75, 3.05) is 6.54 Å². The molecule has 19 heavy (non-hydrogen) atoms. The van der Waals surface area contributed by atoms with E-state index in [1.54, 1.807) is 0 Å². The van der Waals surface area contributed by atoms with Crippen LogP contribution in [0.25, 0.3) is 0 Å². The lowest BCUT2D eigenvalue weighted by Crippen LogP contribution is -2.27. The molecule has 0 aromatic carbocycles. The molecule has 1 N–H and O–H groups in total. The van der Waals surface area contributed by atoms with Gasteiger partial charge in [-0.3, -0.25) is 4.68 Å². The van der Waals surface area contributed by atoms with E-state index in [-0.39, 0.29) is 0 Å². The fraction of sp³-hybridized carbons (Fsp3) is 0.800. The van der Waals surface area contributed by atoms with Crippen LogP contribution in [0.1, 0.15) is 44.5 Å². The maximum absolute atomic E-state index is 6.37. The average molecular weight is 284 g/mol. The minimum atomic E-state index is 0.646. The highest BCUT2D eigenvalue weighted by Crippen LogP contribution is 2.26. The molecule has 2 rings (SSSR count). The van der Waals surface area contributed by atoms with E-state index in [0.717, 1.165) is 35.6 Å². The summed E-state index contributed by atoms with van der Waals surface area (Å²) in [5.74, 6) is 1.37. The van der Waals surface area contributed by atoms with Gasteiger partial charge in [0.1, 0.15) is 0 Å². The summed E-state index contributed by atoms with van der Waals surface area (Å²) in [6, 6.07) is 0.776. The van der Waals surface area contributed by atoms with Gasteiger partial charge in [-0.25, -0.2) is 0 Å². The summed E-state index contributed by atoms with van der Waals surface area (Å²) in [5, 5.41) is 8.92. The van der Waals surface area contributed by atoms with Crippen LogP contribution in [0.3, 0.4) is 0 Å². The molecular formula is C15H26ClN3. The van der Waals surface area contributed by atoms with Crippen molar-refractivity contribution < 1.29 is 0 Å². The van der Waals surface area contributed by atoms with Gasteiger partial charge in [-0.15, -0.1) is 0 Å². The molecule has 1 heterocycles. The summed E-state index contributed by atoms with van der Waals surface area (Å²) in [5.41, 5.74) is 2.13. The van der Waals surface area contributed by atoms with Crippen LogP contribution in [0.2, 0.25) is 5.02 Å². The Balaban J connectivity index is 2.00. The van der Waals surface area contributed by atoms with Gasteiger partial charge in [-0.1, -0.05) is 25.4 Å². The maximum atomic E-state index is 6.37. The Morgan fingerprint density at radius 1 is 1.42 bits per heavy atom. The van der Waals surface area contributed by atoms with Crippen molar-refractivity contribution in [1.82, 2.24) is 15.1 Å². The van der Waals surface area contributed by atoms with Gasteiger partial charge < -0.3 is 5.32 Å². The van der Waals surface area contributed by atoms with Gasteiger partial charge in [-0.05, 0) is 51.0 Å². The minimum Gasteiger partial charge on any atom is -0.314 e. The second kappa shape index (κ2) is 6.27. The third kappa shape index (κ3) is 4.22. The molecular weight excluding hydrogens is 258 g/mol. The third-order valence-electron chi connectivity index (χ3n) is 3.82. The molecule has 0 aliphatic heterocycles. The van der Waals surface area contributed by atoms with Crippen LogP contribution in [0.5, 0.6) is 0 Å². The van der Waals surface area contributed by atoms with Crippen LogP contribution in [0.4, 0.5) is 0 Å². The van der Waals surface area contributed by atoms with Gasteiger partial charge in [0.2, 0.25) is 0 Å². The minimum absolute atomic E-state index is 0.646. The topological polar surface area (TPSA) is 29.9 Å². The van der Waals surface area contributed by atoms with Crippen LogP contribution < -0.4 is 5.32 Å². The molecule has 3 nitrogen and oxygen atoms in total. The number of nitrogens with zero attached hydrogens (tertiary/aromatic N) is 2. The monoisotopic (exact) mass is 283 g/mol. The standard InChI is InChI=1S/C15H26ClN3/c1-10(2)7-12(9-17-13-5-6-13)8-14-15(16)11(3)18-19(14)4/h10,12-13,17H,5-9H2,1-4H3. The molecule has 1 aliphatic rings. The van der Waals surface area contributed by atoms with E-state index in [4.69, 9.17) is 11.6 Å². The zero-order valence-corrected chi connectivity index (χ0v) is 13.3. The van der Waals surface area contributed by atoms with Gasteiger partial charge in [-0.2, -0.15) is 5.10 Å². The Hall–Kier alpha value is -0.540. The van der Waals surface area contributed by atoms with Crippen molar-refractivity contribution in [3.8, 4) is 0 Å². The van der Waals surface area contributed by atoms with E-state index in [1.807, 2.05) is 18.7 Å². The van der Waals surface area contributed by atoms with E-state index in [0.29, 0.717) is 5.92 Å². The lowest BCUT2D eigenvalue weighted by atomic mass is 9.92. The number of nitrogens with one attached hydrogen (secondary N) is 1. The molecule has 0 radical (unpaired) electrons. The van der Waals surface area contributed by atoms with Gasteiger partial charge in [0.05, 0.1) is 16.4 Å². The number of hydrogen-bond acceptors (Lipinski definition) is 2. The first kappa shape index (κ1) is 14.9. The number of halogens is 1. The zero-order valence-electron chi connectivity index (χ0n) is 12.5.